The van der Waals surface area contributed by atoms with Crippen LogP contribution in [0.3, 0.4) is 0 Å². The first-order valence-electron chi connectivity index (χ1n) is 8.38. The van der Waals surface area contributed by atoms with E-state index in [9.17, 15) is 4.79 Å². The molecule has 6 nitrogen and oxygen atoms in total. The fourth-order valence-electron chi connectivity index (χ4n) is 2.96. The molecule has 0 aliphatic carbocycles. The lowest BCUT2D eigenvalue weighted by Gasteiger charge is -2.38. The SMILES string of the molecule is O=C(CCc1ccccc1)N1CC[C@H]1c1nc(-c2cccnc2)no1. The number of likely N-dealkylation sites (tertiary alicyclic amines) is 1. The zero-order chi connectivity index (χ0) is 17.1. The van der Waals surface area contributed by atoms with Crippen LogP contribution in [0.15, 0.2) is 59.4 Å². The van der Waals surface area contributed by atoms with Crippen LogP contribution >= 0.6 is 0 Å². The molecule has 1 fully saturated rings. The van der Waals surface area contributed by atoms with Gasteiger partial charge in [-0.3, -0.25) is 9.78 Å². The van der Waals surface area contributed by atoms with Gasteiger partial charge < -0.3 is 9.42 Å². The third kappa shape index (κ3) is 3.28. The zero-order valence-corrected chi connectivity index (χ0v) is 13.7. The highest BCUT2D eigenvalue weighted by molar-refractivity contribution is 5.77. The van der Waals surface area contributed by atoms with E-state index < -0.39 is 0 Å². The summed E-state index contributed by atoms with van der Waals surface area (Å²) in [6, 6.07) is 13.6. The van der Waals surface area contributed by atoms with Crippen LogP contribution in [0.4, 0.5) is 0 Å². The number of aromatic nitrogens is 3. The average Bonchev–Trinajstić information content (AvgIpc) is 3.10. The lowest BCUT2D eigenvalue weighted by Crippen LogP contribution is -2.45. The highest BCUT2D eigenvalue weighted by atomic mass is 16.5. The Hall–Kier alpha value is -3.02. The molecule has 126 valence electrons. The van der Waals surface area contributed by atoms with Crippen LogP contribution in [0.5, 0.6) is 0 Å². The van der Waals surface area contributed by atoms with E-state index in [1.165, 1.54) is 5.56 Å². The molecule has 1 atom stereocenters. The fraction of sp³-hybridized carbons (Fsp3) is 0.263. The first-order valence-corrected chi connectivity index (χ1v) is 8.38. The highest BCUT2D eigenvalue weighted by Gasteiger charge is 2.37. The maximum Gasteiger partial charge on any atom is 0.249 e. The average molecular weight is 334 g/mol. The first kappa shape index (κ1) is 15.5. The molecule has 0 unspecified atom stereocenters. The summed E-state index contributed by atoms with van der Waals surface area (Å²) in [6.45, 7) is 0.739. The van der Waals surface area contributed by atoms with Crippen LogP contribution in [0, 0.1) is 0 Å². The number of nitrogens with zero attached hydrogens (tertiary/aromatic N) is 4. The van der Waals surface area contributed by atoms with Crippen LogP contribution in [0.2, 0.25) is 0 Å². The van der Waals surface area contributed by atoms with Crippen LogP contribution < -0.4 is 0 Å². The molecule has 4 rings (SSSR count). The van der Waals surface area contributed by atoms with E-state index in [1.54, 1.807) is 12.4 Å². The Labute approximate surface area is 145 Å². The number of carbonyl (C=O) groups is 1. The molecule has 0 spiro atoms. The van der Waals surface area contributed by atoms with E-state index in [2.05, 4.69) is 15.1 Å². The lowest BCUT2D eigenvalue weighted by molar-refractivity contribution is -0.140. The number of benzene rings is 1. The van der Waals surface area contributed by atoms with Gasteiger partial charge in [0.25, 0.3) is 0 Å². The van der Waals surface area contributed by atoms with E-state index in [0.717, 1.165) is 24.9 Å². The number of rotatable bonds is 5. The van der Waals surface area contributed by atoms with E-state index in [-0.39, 0.29) is 11.9 Å². The van der Waals surface area contributed by atoms with Crippen LogP contribution in [0.1, 0.15) is 30.3 Å². The van der Waals surface area contributed by atoms with Gasteiger partial charge in [0, 0.05) is 30.9 Å². The number of aryl methyl sites for hydroxylation is 1. The third-order valence-corrected chi connectivity index (χ3v) is 4.46. The van der Waals surface area contributed by atoms with Crippen molar-refractivity contribution in [2.24, 2.45) is 0 Å². The quantitative estimate of drug-likeness (QED) is 0.717. The summed E-state index contributed by atoms with van der Waals surface area (Å²) in [5, 5.41) is 4.01. The molecule has 0 radical (unpaired) electrons. The Kier molecular flexibility index (Phi) is 4.24. The van der Waals surface area contributed by atoms with Crippen LogP contribution in [-0.2, 0) is 11.2 Å². The first-order chi connectivity index (χ1) is 12.3. The Morgan fingerprint density at radius 1 is 1.20 bits per heavy atom. The van der Waals surface area contributed by atoms with E-state index in [4.69, 9.17) is 4.52 Å². The molecular formula is C19H18N4O2. The minimum atomic E-state index is -0.110. The summed E-state index contributed by atoms with van der Waals surface area (Å²) in [5.41, 5.74) is 1.98. The van der Waals surface area contributed by atoms with Crippen molar-refractivity contribution < 1.29 is 9.32 Å². The molecule has 1 amide bonds. The van der Waals surface area contributed by atoms with Gasteiger partial charge in [-0.1, -0.05) is 35.5 Å². The summed E-state index contributed by atoms with van der Waals surface area (Å²) in [5.74, 6) is 1.13. The van der Waals surface area contributed by atoms with Gasteiger partial charge in [-0.05, 0) is 30.5 Å². The van der Waals surface area contributed by atoms with Crippen molar-refractivity contribution in [2.45, 2.75) is 25.3 Å². The monoisotopic (exact) mass is 334 g/mol. The van der Waals surface area contributed by atoms with Crippen molar-refractivity contribution >= 4 is 5.91 Å². The summed E-state index contributed by atoms with van der Waals surface area (Å²) >= 11 is 0. The lowest BCUT2D eigenvalue weighted by atomic mass is 10.0. The Balaban J connectivity index is 1.40. The minimum Gasteiger partial charge on any atom is -0.337 e. The largest absolute Gasteiger partial charge is 0.337 e. The van der Waals surface area contributed by atoms with E-state index >= 15 is 0 Å². The molecule has 6 heteroatoms. The summed E-state index contributed by atoms with van der Waals surface area (Å²) in [7, 11) is 0. The molecule has 2 aromatic heterocycles. The van der Waals surface area contributed by atoms with Gasteiger partial charge in [-0.15, -0.1) is 0 Å². The Bertz CT molecular complexity index is 848. The fourth-order valence-corrected chi connectivity index (χ4v) is 2.96. The number of amides is 1. The normalized spacial score (nSPS) is 16.5. The molecule has 1 aliphatic heterocycles. The molecule has 0 bridgehead atoms. The van der Waals surface area contributed by atoms with Crippen LogP contribution in [0.25, 0.3) is 11.4 Å². The maximum atomic E-state index is 12.5. The highest BCUT2D eigenvalue weighted by Crippen LogP contribution is 2.33. The summed E-state index contributed by atoms with van der Waals surface area (Å²) < 4.78 is 5.38. The predicted molar refractivity (Wildman–Crippen MR) is 91.4 cm³/mol. The zero-order valence-electron chi connectivity index (χ0n) is 13.7. The molecule has 3 aromatic rings. The second kappa shape index (κ2) is 6.84. The van der Waals surface area contributed by atoms with Crippen molar-refractivity contribution in [3.05, 3.63) is 66.3 Å². The predicted octanol–water partition coefficient (Wildman–Crippen LogP) is 3.04. The van der Waals surface area contributed by atoms with Gasteiger partial charge in [-0.2, -0.15) is 4.98 Å². The second-order valence-corrected chi connectivity index (χ2v) is 6.08. The standard InChI is InChI=1S/C19H18N4O2/c24-17(9-8-14-5-2-1-3-6-14)23-12-10-16(23)19-21-18(22-25-19)15-7-4-11-20-13-15/h1-7,11,13,16H,8-10,12H2/t16-/m0/s1. The van der Waals surface area contributed by atoms with Crippen molar-refractivity contribution in [3.8, 4) is 11.4 Å². The van der Waals surface area contributed by atoms with Crippen molar-refractivity contribution in [1.29, 1.82) is 0 Å². The van der Waals surface area contributed by atoms with Gasteiger partial charge in [0.05, 0.1) is 0 Å². The second-order valence-electron chi connectivity index (χ2n) is 6.08. The van der Waals surface area contributed by atoms with Gasteiger partial charge >= 0.3 is 0 Å². The van der Waals surface area contributed by atoms with Gasteiger partial charge in [0.1, 0.15) is 6.04 Å². The van der Waals surface area contributed by atoms with Crippen molar-refractivity contribution in [1.82, 2.24) is 20.0 Å². The molecule has 3 heterocycles. The number of pyridine rings is 1. The van der Waals surface area contributed by atoms with Crippen molar-refractivity contribution in [3.63, 3.8) is 0 Å². The number of carbonyl (C=O) groups excluding carboxylic acids is 1. The summed E-state index contributed by atoms with van der Waals surface area (Å²) in [6.07, 6.45) is 5.48. The molecule has 1 saturated heterocycles. The van der Waals surface area contributed by atoms with E-state index in [1.807, 2.05) is 47.4 Å². The molecule has 0 N–H and O–H groups in total. The van der Waals surface area contributed by atoms with Gasteiger partial charge in [0.15, 0.2) is 0 Å². The van der Waals surface area contributed by atoms with E-state index in [0.29, 0.717) is 18.1 Å². The molecule has 0 saturated carbocycles. The Morgan fingerprint density at radius 3 is 2.80 bits per heavy atom. The van der Waals surface area contributed by atoms with Gasteiger partial charge in [-0.25, -0.2) is 0 Å². The smallest absolute Gasteiger partial charge is 0.249 e. The summed E-state index contributed by atoms with van der Waals surface area (Å²) in [4.78, 5) is 22.8. The number of hydrogen-bond acceptors (Lipinski definition) is 5. The van der Waals surface area contributed by atoms with Crippen molar-refractivity contribution in [2.75, 3.05) is 6.54 Å². The molecular weight excluding hydrogens is 316 g/mol. The topological polar surface area (TPSA) is 72.1 Å². The maximum absolute atomic E-state index is 12.5. The molecule has 25 heavy (non-hydrogen) atoms. The molecule has 1 aliphatic rings. The molecule has 1 aromatic carbocycles. The number of hydrogen-bond donors (Lipinski definition) is 0. The minimum absolute atomic E-state index is 0.110. The third-order valence-electron chi connectivity index (χ3n) is 4.46. The van der Waals surface area contributed by atoms with Crippen LogP contribution in [-0.4, -0.2) is 32.5 Å². The Morgan fingerprint density at radius 2 is 2.08 bits per heavy atom. The van der Waals surface area contributed by atoms with Gasteiger partial charge in [0.2, 0.25) is 17.6 Å².